The number of fused-ring (bicyclic) bond motifs is 1. The van der Waals surface area contributed by atoms with Crippen molar-refractivity contribution in [2.75, 3.05) is 38.8 Å². The molecule has 164 valence electrons. The lowest BCUT2D eigenvalue weighted by atomic mass is 9.96. The second-order valence-corrected chi connectivity index (χ2v) is 8.43. The molecule has 2 aromatic heterocycles. The molecule has 0 N–H and O–H groups in total. The second kappa shape index (κ2) is 9.28. The van der Waals surface area contributed by atoms with Crippen molar-refractivity contribution < 1.29 is 19.0 Å². The number of anilines is 1. The highest BCUT2D eigenvalue weighted by Crippen LogP contribution is 2.42. The van der Waals surface area contributed by atoms with Crippen molar-refractivity contribution in [2.45, 2.75) is 19.8 Å². The van der Waals surface area contributed by atoms with Crippen LogP contribution >= 0.6 is 22.9 Å². The Kier molecular flexibility index (Phi) is 6.48. The first-order chi connectivity index (χ1) is 15.0. The molecule has 0 bridgehead atoms. The highest BCUT2D eigenvalue weighted by Gasteiger charge is 2.29. The number of hydrogen-bond acceptors (Lipinski definition) is 8. The summed E-state index contributed by atoms with van der Waals surface area (Å²) >= 11 is 7.78. The van der Waals surface area contributed by atoms with Crippen molar-refractivity contribution in [2.24, 2.45) is 5.92 Å². The zero-order valence-corrected chi connectivity index (χ0v) is 19.3. The molecular weight excluding hydrogens is 438 g/mol. The van der Waals surface area contributed by atoms with Gasteiger partial charge in [0.1, 0.15) is 10.6 Å². The van der Waals surface area contributed by atoms with Crippen LogP contribution in [0, 0.1) is 5.92 Å². The average molecular weight is 462 g/mol. The van der Waals surface area contributed by atoms with E-state index in [4.69, 9.17) is 25.8 Å². The highest BCUT2D eigenvalue weighted by molar-refractivity contribution is 7.17. The van der Waals surface area contributed by atoms with E-state index in [0.717, 1.165) is 40.0 Å². The minimum absolute atomic E-state index is 0.0724. The Hall–Kier alpha value is -2.58. The van der Waals surface area contributed by atoms with Gasteiger partial charge in [0.2, 0.25) is 5.28 Å². The summed E-state index contributed by atoms with van der Waals surface area (Å²) in [6.07, 6.45) is 1.44. The topological polar surface area (TPSA) is 73.8 Å². The number of esters is 1. The third-order valence-corrected chi connectivity index (χ3v) is 6.54. The van der Waals surface area contributed by atoms with Crippen LogP contribution in [-0.2, 0) is 9.53 Å². The number of rotatable bonds is 6. The Morgan fingerprint density at radius 2 is 1.94 bits per heavy atom. The van der Waals surface area contributed by atoms with E-state index in [1.54, 1.807) is 14.2 Å². The van der Waals surface area contributed by atoms with Gasteiger partial charge < -0.3 is 19.1 Å². The molecule has 1 aliphatic rings. The SMILES string of the molecule is CCOC(=O)C1CCN(c2nc(Cl)nc3scc(-c4ccc(OC)c(OC)c4)c23)CC1. The average Bonchev–Trinajstić information content (AvgIpc) is 3.22. The molecular formula is C22H24ClN3O4S. The number of nitrogens with zero attached hydrogens (tertiary/aromatic N) is 3. The van der Waals surface area contributed by atoms with E-state index in [1.165, 1.54) is 11.3 Å². The molecule has 0 atom stereocenters. The molecule has 0 spiro atoms. The van der Waals surface area contributed by atoms with Crippen LogP contribution in [0.1, 0.15) is 19.8 Å². The summed E-state index contributed by atoms with van der Waals surface area (Å²) in [5, 5.41) is 3.23. The molecule has 9 heteroatoms. The fourth-order valence-corrected chi connectivity index (χ4v) is 5.09. The summed E-state index contributed by atoms with van der Waals surface area (Å²) in [6.45, 7) is 3.64. The van der Waals surface area contributed by atoms with Crippen molar-refractivity contribution in [3.63, 3.8) is 0 Å². The predicted molar refractivity (Wildman–Crippen MR) is 123 cm³/mol. The van der Waals surface area contributed by atoms with Gasteiger partial charge in [-0.05, 0) is 49.1 Å². The van der Waals surface area contributed by atoms with E-state index in [2.05, 4.69) is 20.2 Å². The maximum atomic E-state index is 12.1. The first kappa shape index (κ1) is 21.6. The number of ether oxygens (including phenoxy) is 3. The Labute approximate surface area is 189 Å². The van der Waals surface area contributed by atoms with Gasteiger partial charge in [-0.3, -0.25) is 4.79 Å². The molecule has 3 aromatic rings. The van der Waals surface area contributed by atoms with Gasteiger partial charge in [-0.15, -0.1) is 11.3 Å². The fourth-order valence-electron chi connectivity index (χ4n) is 3.93. The molecule has 1 saturated heterocycles. The summed E-state index contributed by atoms with van der Waals surface area (Å²) in [5.41, 5.74) is 2.00. The molecule has 1 aliphatic heterocycles. The number of thiophene rings is 1. The van der Waals surface area contributed by atoms with E-state index >= 15 is 0 Å². The molecule has 0 amide bonds. The summed E-state index contributed by atoms with van der Waals surface area (Å²) in [6, 6.07) is 5.83. The maximum Gasteiger partial charge on any atom is 0.309 e. The number of halogens is 1. The minimum Gasteiger partial charge on any atom is -0.493 e. The molecule has 0 unspecified atom stereocenters. The van der Waals surface area contributed by atoms with Crippen LogP contribution in [-0.4, -0.2) is 49.9 Å². The first-order valence-electron chi connectivity index (χ1n) is 10.1. The summed E-state index contributed by atoms with van der Waals surface area (Å²) < 4.78 is 16.0. The molecule has 1 fully saturated rings. The van der Waals surface area contributed by atoms with Crippen LogP contribution in [0.15, 0.2) is 23.6 Å². The van der Waals surface area contributed by atoms with E-state index in [1.807, 2.05) is 25.1 Å². The Morgan fingerprint density at radius 1 is 1.19 bits per heavy atom. The standard InChI is InChI=1S/C22H24ClN3O4S/c1-4-30-21(27)13-7-9-26(10-8-13)19-18-15(12-31-20(18)25-22(23)24-19)14-5-6-16(28-2)17(11-14)29-3/h5-6,11-13H,4,7-10H2,1-3H3. The van der Waals surface area contributed by atoms with E-state index in [-0.39, 0.29) is 17.2 Å². The highest BCUT2D eigenvalue weighted by atomic mass is 35.5. The summed E-state index contributed by atoms with van der Waals surface area (Å²) in [4.78, 5) is 24.1. The van der Waals surface area contributed by atoms with Gasteiger partial charge in [-0.2, -0.15) is 4.98 Å². The maximum absolute atomic E-state index is 12.1. The number of carbonyl (C=O) groups is 1. The monoisotopic (exact) mass is 461 g/mol. The minimum atomic E-state index is -0.116. The second-order valence-electron chi connectivity index (χ2n) is 7.23. The molecule has 1 aromatic carbocycles. The zero-order chi connectivity index (χ0) is 22.0. The van der Waals surface area contributed by atoms with Crippen LogP contribution in [0.4, 0.5) is 5.82 Å². The van der Waals surface area contributed by atoms with Crippen molar-refractivity contribution in [3.8, 4) is 22.6 Å². The van der Waals surface area contributed by atoms with Gasteiger partial charge in [0, 0.05) is 24.0 Å². The molecule has 0 saturated carbocycles. The summed E-state index contributed by atoms with van der Waals surface area (Å²) in [7, 11) is 3.24. The third kappa shape index (κ3) is 4.27. The van der Waals surface area contributed by atoms with Crippen molar-refractivity contribution in [1.82, 2.24) is 9.97 Å². The molecule has 3 heterocycles. The van der Waals surface area contributed by atoms with Crippen LogP contribution in [0.3, 0.4) is 0 Å². The van der Waals surface area contributed by atoms with Gasteiger partial charge >= 0.3 is 5.97 Å². The van der Waals surface area contributed by atoms with Crippen molar-refractivity contribution in [3.05, 3.63) is 28.9 Å². The lowest BCUT2D eigenvalue weighted by Crippen LogP contribution is -2.37. The molecule has 0 radical (unpaired) electrons. The Bertz CT molecular complexity index is 1100. The number of carbonyl (C=O) groups excluding carboxylic acids is 1. The van der Waals surface area contributed by atoms with Crippen LogP contribution in [0.2, 0.25) is 5.28 Å². The van der Waals surface area contributed by atoms with E-state index in [9.17, 15) is 4.79 Å². The Balaban J connectivity index is 1.71. The van der Waals surface area contributed by atoms with Gasteiger partial charge in [-0.25, -0.2) is 4.98 Å². The van der Waals surface area contributed by atoms with Crippen molar-refractivity contribution in [1.29, 1.82) is 0 Å². The predicted octanol–water partition coefficient (Wildman–Crippen LogP) is 4.81. The number of piperidine rings is 1. The van der Waals surface area contributed by atoms with Crippen LogP contribution in [0.5, 0.6) is 11.5 Å². The smallest absolute Gasteiger partial charge is 0.309 e. The first-order valence-corrected chi connectivity index (χ1v) is 11.4. The third-order valence-electron chi connectivity index (χ3n) is 5.50. The Morgan fingerprint density at radius 3 is 2.61 bits per heavy atom. The zero-order valence-electron chi connectivity index (χ0n) is 17.7. The quantitative estimate of drug-likeness (QED) is 0.385. The summed E-state index contributed by atoms with van der Waals surface area (Å²) in [5.74, 6) is 1.94. The van der Waals surface area contributed by atoms with E-state index < -0.39 is 0 Å². The van der Waals surface area contributed by atoms with E-state index in [0.29, 0.717) is 31.2 Å². The molecule has 0 aliphatic carbocycles. The van der Waals surface area contributed by atoms with Gasteiger partial charge in [-0.1, -0.05) is 6.07 Å². The van der Waals surface area contributed by atoms with Gasteiger partial charge in [0.25, 0.3) is 0 Å². The largest absolute Gasteiger partial charge is 0.493 e. The van der Waals surface area contributed by atoms with Crippen molar-refractivity contribution >= 4 is 44.9 Å². The van der Waals surface area contributed by atoms with Gasteiger partial charge in [0.15, 0.2) is 11.5 Å². The number of hydrogen-bond donors (Lipinski definition) is 0. The molecule has 7 nitrogen and oxygen atoms in total. The fraction of sp³-hybridized carbons (Fsp3) is 0.409. The lowest BCUT2D eigenvalue weighted by Gasteiger charge is -2.32. The molecule has 4 rings (SSSR count). The van der Waals surface area contributed by atoms with Crippen LogP contribution in [0.25, 0.3) is 21.3 Å². The van der Waals surface area contributed by atoms with Gasteiger partial charge in [0.05, 0.1) is 32.1 Å². The number of aromatic nitrogens is 2. The normalized spacial score (nSPS) is 14.6. The lowest BCUT2D eigenvalue weighted by molar-refractivity contribution is -0.148. The number of methoxy groups -OCH3 is 2. The van der Waals surface area contributed by atoms with Crippen LogP contribution < -0.4 is 14.4 Å². The molecule has 31 heavy (non-hydrogen) atoms. The number of benzene rings is 1.